The van der Waals surface area contributed by atoms with Gasteiger partial charge in [-0.1, -0.05) is 12.1 Å². The summed E-state index contributed by atoms with van der Waals surface area (Å²) in [6, 6.07) is 5.23. The van der Waals surface area contributed by atoms with Crippen molar-refractivity contribution in [1.82, 2.24) is 0 Å². The number of aromatic hydroxyl groups is 1. The third kappa shape index (κ3) is 2.62. The topological polar surface area (TPSA) is 40.3 Å². The molecule has 3 nitrogen and oxygen atoms in total. The van der Waals surface area contributed by atoms with Gasteiger partial charge in [0.15, 0.2) is 0 Å². The van der Waals surface area contributed by atoms with Crippen LogP contribution in [0.1, 0.15) is 10.4 Å². The minimum absolute atomic E-state index is 0.384. The van der Waals surface area contributed by atoms with E-state index < -0.39 is 17.5 Å². The Labute approximate surface area is 91.6 Å². The van der Waals surface area contributed by atoms with Crippen molar-refractivity contribution in [2.45, 2.75) is 5.92 Å². The molecule has 0 amide bonds. The van der Waals surface area contributed by atoms with Crippen LogP contribution in [-0.2, 0) is 0 Å². The lowest BCUT2D eigenvalue weighted by atomic mass is 10.1. The minimum atomic E-state index is -3.62. The second kappa shape index (κ2) is 4.38. The van der Waals surface area contributed by atoms with Gasteiger partial charge in [-0.05, 0) is 12.1 Å². The van der Waals surface area contributed by atoms with Crippen LogP contribution in [0, 0.1) is 0 Å². The molecule has 1 aromatic carbocycles. The summed E-state index contributed by atoms with van der Waals surface area (Å²) in [5.41, 5.74) is -0.384. The number of halogens is 2. The van der Waals surface area contributed by atoms with Crippen molar-refractivity contribution in [2.75, 3.05) is 14.1 Å². The van der Waals surface area contributed by atoms with Crippen molar-refractivity contribution < 1.29 is 23.3 Å². The van der Waals surface area contributed by atoms with Crippen LogP contribution in [0.3, 0.4) is 0 Å². The van der Waals surface area contributed by atoms with Crippen molar-refractivity contribution in [2.24, 2.45) is 0 Å². The first kappa shape index (κ1) is 12.3. The fourth-order valence-electron chi connectivity index (χ4n) is 1.23. The number of ketones is 1. The maximum Gasteiger partial charge on any atom is 0.384 e. The maximum atomic E-state index is 13.4. The highest BCUT2D eigenvalue weighted by atomic mass is 19.3. The molecule has 0 aliphatic rings. The summed E-state index contributed by atoms with van der Waals surface area (Å²) in [5.74, 6) is -5.49. The lowest BCUT2D eigenvalue weighted by Crippen LogP contribution is -2.33. The van der Waals surface area contributed by atoms with Crippen molar-refractivity contribution in [3.63, 3.8) is 0 Å². The molecule has 0 aliphatic carbocycles. The number of Topliss-reactive ketones (excluding diaryl/α,β-unsaturated/α-hetero) is 1. The van der Waals surface area contributed by atoms with E-state index in [0.717, 1.165) is 10.6 Å². The minimum Gasteiger partial charge on any atom is -0.507 e. The predicted molar refractivity (Wildman–Crippen MR) is 55.6 cm³/mol. The highest BCUT2D eigenvalue weighted by Crippen LogP contribution is 2.24. The molecular formula is C11H12F2NO2+. The maximum absolute atomic E-state index is 13.4. The Morgan fingerprint density at radius 1 is 1.38 bits per heavy atom. The van der Waals surface area contributed by atoms with Crippen LogP contribution in [0.25, 0.3) is 0 Å². The Bertz CT molecular complexity index is 437. The Morgan fingerprint density at radius 3 is 2.44 bits per heavy atom. The zero-order valence-corrected chi connectivity index (χ0v) is 8.95. The predicted octanol–water partition coefficient (Wildman–Crippen LogP) is 1.55. The Kier molecular flexibility index (Phi) is 3.37. The molecule has 0 saturated carbocycles. The van der Waals surface area contributed by atoms with Crippen molar-refractivity contribution >= 4 is 12.0 Å². The van der Waals surface area contributed by atoms with Crippen LogP contribution in [0.4, 0.5) is 8.78 Å². The van der Waals surface area contributed by atoms with E-state index in [2.05, 4.69) is 0 Å². The number of carbonyl (C=O) groups excluding carboxylic acids is 1. The average molecular weight is 228 g/mol. The average Bonchev–Trinajstić information content (AvgIpc) is 2.15. The van der Waals surface area contributed by atoms with E-state index in [0.29, 0.717) is 6.21 Å². The van der Waals surface area contributed by atoms with Gasteiger partial charge in [-0.25, -0.2) is 4.58 Å². The van der Waals surface area contributed by atoms with E-state index in [4.69, 9.17) is 0 Å². The van der Waals surface area contributed by atoms with Gasteiger partial charge in [-0.2, -0.15) is 8.78 Å². The van der Waals surface area contributed by atoms with E-state index in [-0.39, 0.29) is 5.56 Å². The summed E-state index contributed by atoms with van der Waals surface area (Å²) in [6.45, 7) is 0. The van der Waals surface area contributed by atoms with Gasteiger partial charge in [0, 0.05) is 0 Å². The normalized spacial score (nSPS) is 11.0. The van der Waals surface area contributed by atoms with Gasteiger partial charge in [-0.15, -0.1) is 0 Å². The first-order valence-electron chi connectivity index (χ1n) is 4.57. The highest BCUT2D eigenvalue weighted by Gasteiger charge is 2.42. The number of rotatable bonds is 3. The zero-order chi connectivity index (χ0) is 12.3. The monoisotopic (exact) mass is 228 g/mol. The quantitative estimate of drug-likeness (QED) is 0.484. The number of hydrogen-bond acceptors (Lipinski definition) is 2. The molecule has 86 valence electrons. The van der Waals surface area contributed by atoms with Gasteiger partial charge in [0.1, 0.15) is 19.8 Å². The molecule has 0 radical (unpaired) electrons. The standard InChI is InChI=1S/C11H11F2NO2/c1-14(2)7-11(12,13)10(16)8-5-3-4-6-9(8)15/h3-7H,1-2H3/p+1. The summed E-state index contributed by atoms with van der Waals surface area (Å²) in [5, 5.41) is 9.30. The van der Waals surface area contributed by atoms with Gasteiger partial charge in [-0.3, -0.25) is 4.79 Å². The van der Waals surface area contributed by atoms with Crippen LogP contribution in [0.5, 0.6) is 5.75 Å². The molecule has 0 aromatic heterocycles. The third-order valence-corrected chi connectivity index (χ3v) is 1.87. The number of nitrogens with zero attached hydrogens (tertiary/aromatic N) is 1. The Hall–Kier alpha value is -1.78. The molecule has 0 aliphatic heterocycles. The molecule has 5 heteroatoms. The van der Waals surface area contributed by atoms with Crippen molar-refractivity contribution in [3.8, 4) is 5.75 Å². The molecule has 1 aromatic rings. The fourth-order valence-corrected chi connectivity index (χ4v) is 1.23. The summed E-state index contributed by atoms with van der Waals surface area (Å²) < 4.78 is 27.8. The molecule has 0 unspecified atom stereocenters. The van der Waals surface area contributed by atoms with E-state index in [1.165, 1.54) is 32.3 Å². The van der Waals surface area contributed by atoms with Gasteiger partial charge < -0.3 is 5.11 Å². The Balaban J connectivity index is 3.13. The number of carbonyl (C=O) groups is 1. The number of benzene rings is 1. The second-order valence-corrected chi connectivity index (χ2v) is 3.56. The molecule has 16 heavy (non-hydrogen) atoms. The van der Waals surface area contributed by atoms with Crippen LogP contribution in [0.15, 0.2) is 24.3 Å². The number of phenolic OH excluding ortho intramolecular Hbond substituents is 1. The fraction of sp³-hybridized carbons (Fsp3) is 0.273. The molecular weight excluding hydrogens is 216 g/mol. The second-order valence-electron chi connectivity index (χ2n) is 3.56. The SMILES string of the molecule is C[N+](C)=CC(F)(F)C(=O)c1ccccc1O. The smallest absolute Gasteiger partial charge is 0.384 e. The van der Waals surface area contributed by atoms with Crippen molar-refractivity contribution in [3.05, 3.63) is 29.8 Å². The molecule has 1 rings (SSSR count). The van der Waals surface area contributed by atoms with E-state index in [1.54, 1.807) is 0 Å². The van der Waals surface area contributed by atoms with Gasteiger partial charge in [0.05, 0.1) is 5.56 Å². The summed E-state index contributed by atoms with van der Waals surface area (Å²) >= 11 is 0. The summed E-state index contributed by atoms with van der Waals surface area (Å²) in [6.07, 6.45) is 0.502. The van der Waals surface area contributed by atoms with Gasteiger partial charge in [0.25, 0.3) is 0 Å². The molecule has 0 fully saturated rings. The van der Waals surface area contributed by atoms with Gasteiger partial charge in [0.2, 0.25) is 12.0 Å². The zero-order valence-electron chi connectivity index (χ0n) is 8.95. The molecule has 0 bridgehead atoms. The number of hydrogen-bond donors (Lipinski definition) is 1. The molecule has 0 saturated heterocycles. The van der Waals surface area contributed by atoms with Crippen LogP contribution >= 0.6 is 0 Å². The number of phenols is 1. The number of alkyl halides is 2. The molecule has 0 spiro atoms. The lowest BCUT2D eigenvalue weighted by Gasteiger charge is -2.09. The number of para-hydroxylation sites is 1. The van der Waals surface area contributed by atoms with Gasteiger partial charge >= 0.3 is 5.92 Å². The van der Waals surface area contributed by atoms with E-state index >= 15 is 0 Å². The first-order chi connectivity index (χ1) is 7.34. The van der Waals surface area contributed by atoms with Crippen molar-refractivity contribution in [1.29, 1.82) is 0 Å². The van der Waals surface area contributed by atoms with E-state index in [9.17, 15) is 18.7 Å². The summed E-state index contributed by atoms with van der Waals surface area (Å²) in [4.78, 5) is 11.5. The summed E-state index contributed by atoms with van der Waals surface area (Å²) in [7, 11) is 2.79. The van der Waals surface area contributed by atoms with Crippen LogP contribution < -0.4 is 0 Å². The first-order valence-corrected chi connectivity index (χ1v) is 4.57. The van der Waals surface area contributed by atoms with E-state index in [1.807, 2.05) is 0 Å². The molecule has 1 N–H and O–H groups in total. The largest absolute Gasteiger partial charge is 0.507 e. The van der Waals surface area contributed by atoms with Crippen LogP contribution in [0.2, 0.25) is 0 Å². The Morgan fingerprint density at radius 2 is 1.94 bits per heavy atom. The highest BCUT2D eigenvalue weighted by molar-refractivity contribution is 6.11. The molecule has 0 atom stereocenters. The third-order valence-electron chi connectivity index (χ3n) is 1.87. The lowest BCUT2D eigenvalue weighted by molar-refractivity contribution is -0.463. The van der Waals surface area contributed by atoms with Crippen LogP contribution in [-0.4, -0.2) is 41.7 Å². The molecule has 0 heterocycles.